The molecule has 1 saturated heterocycles. The van der Waals surface area contributed by atoms with Gasteiger partial charge in [0.05, 0.1) is 31.4 Å². The largest absolute Gasteiger partial charge is 0.506 e. The average molecular weight is 1130 g/mol. The van der Waals surface area contributed by atoms with Crippen molar-refractivity contribution in [1.29, 1.82) is 0 Å². The van der Waals surface area contributed by atoms with E-state index in [-0.39, 0.29) is 85.7 Å². The molecule has 0 spiro atoms. The molecule has 2 heterocycles. The van der Waals surface area contributed by atoms with Gasteiger partial charge in [-0.05, 0) is 81.8 Å². The molecule has 1 fully saturated rings. The Morgan fingerprint density at radius 2 is 1.64 bits per heavy atom. The number of likely N-dealkylation sites (N-methyl/N-ethyl adjacent to an activating group) is 1. The number of nitrogens with zero attached hydrogens (tertiary/aromatic N) is 3. The molecule has 7 atom stereocenters. The van der Waals surface area contributed by atoms with Crippen molar-refractivity contribution in [1.82, 2.24) is 46.4 Å². The lowest BCUT2D eigenvalue weighted by atomic mass is 9.83. The average Bonchev–Trinajstić information content (AvgIpc) is 3.90. The molecular weight excluding hydrogens is 1050 g/mol. The van der Waals surface area contributed by atoms with Crippen LogP contribution in [0.25, 0.3) is 0 Å². The van der Waals surface area contributed by atoms with Crippen molar-refractivity contribution in [2.24, 2.45) is 17.8 Å². The van der Waals surface area contributed by atoms with Crippen molar-refractivity contribution in [2.45, 2.75) is 137 Å². The second-order valence-electron chi connectivity index (χ2n) is 19.6. The van der Waals surface area contributed by atoms with Crippen LogP contribution in [0.4, 0.5) is 5.69 Å². The lowest BCUT2D eigenvalue weighted by Crippen LogP contribution is -2.48. The number of nitrogens with one attached hydrogen (secondary N) is 7. The SMILES string of the molecule is CCC[C@H](Cc1ccc(O)c(NC(=O)CCOCCNP(=O)(NNC(=O)/C=C\C(C)=O)NNC(=O)/C=C\C(=O)O)c1)NC(=O)c1csc([C@@H](C[C@H](C(C)C)N(C)C(=O)[C@@H](CC(=O)[C@H]2CCCCN2C)[C@@H](C)CC)OC(C)=O)n1. The number of ketones is 2. The number of hydrogen-bond acceptors (Lipinski definition) is 16. The molecule has 0 saturated carbocycles. The van der Waals surface area contributed by atoms with E-state index in [0.717, 1.165) is 55.7 Å². The van der Waals surface area contributed by atoms with Crippen LogP contribution in [0.1, 0.15) is 133 Å². The van der Waals surface area contributed by atoms with E-state index in [1.807, 2.05) is 47.1 Å². The molecule has 1 aromatic heterocycles. The zero-order chi connectivity index (χ0) is 58.1. The van der Waals surface area contributed by atoms with Crippen LogP contribution >= 0.6 is 18.9 Å². The number of piperidine rings is 1. The topological polar surface area (TPSA) is 333 Å². The number of carboxylic acids is 1. The summed E-state index contributed by atoms with van der Waals surface area (Å²) in [5, 5.41) is 33.9. The number of esters is 1. The Morgan fingerprint density at radius 1 is 0.962 bits per heavy atom. The highest BCUT2D eigenvalue weighted by Crippen LogP contribution is 2.34. The number of aromatic nitrogens is 1. The molecule has 432 valence electrons. The summed E-state index contributed by atoms with van der Waals surface area (Å²) in [5.74, 6) is -6.13. The molecule has 1 unspecified atom stereocenters. The van der Waals surface area contributed by atoms with Gasteiger partial charge in [0.1, 0.15) is 16.5 Å². The van der Waals surface area contributed by atoms with E-state index in [2.05, 4.69) is 41.4 Å². The molecule has 78 heavy (non-hydrogen) atoms. The second kappa shape index (κ2) is 33.3. The van der Waals surface area contributed by atoms with Crippen LogP contribution < -0.4 is 37.0 Å². The van der Waals surface area contributed by atoms with Crippen molar-refractivity contribution < 1.29 is 67.4 Å². The summed E-state index contributed by atoms with van der Waals surface area (Å²) in [7, 11) is -0.380. The molecule has 0 radical (unpaired) electrons. The van der Waals surface area contributed by atoms with Gasteiger partial charge < -0.3 is 35.2 Å². The van der Waals surface area contributed by atoms with Gasteiger partial charge in [-0.15, -0.1) is 11.3 Å². The van der Waals surface area contributed by atoms with E-state index in [9.17, 15) is 52.8 Å². The van der Waals surface area contributed by atoms with Gasteiger partial charge in [0.25, 0.3) is 17.7 Å². The minimum absolute atomic E-state index is 0.0471. The quantitative estimate of drug-likeness (QED) is 0.0115. The van der Waals surface area contributed by atoms with Crippen LogP contribution in [0.3, 0.4) is 0 Å². The van der Waals surface area contributed by atoms with E-state index in [4.69, 9.17) is 14.6 Å². The highest BCUT2D eigenvalue weighted by molar-refractivity contribution is 7.57. The number of phenols is 1. The summed E-state index contributed by atoms with van der Waals surface area (Å²) in [6, 6.07) is 3.66. The van der Waals surface area contributed by atoms with Crippen LogP contribution in [0, 0.1) is 17.8 Å². The van der Waals surface area contributed by atoms with Crippen LogP contribution in [0.2, 0.25) is 0 Å². The van der Waals surface area contributed by atoms with Gasteiger partial charge in [0.15, 0.2) is 17.7 Å². The maximum atomic E-state index is 14.4. The maximum absolute atomic E-state index is 14.4. The molecule has 5 amide bonds. The number of allylic oxidation sites excluding steroid dienone is 1. The molecule has 1 aromatic carbocycles. The second-order valence-corrected chi connectivity index (χ2v) is 22.5. The summed E-state index contributed by atoms with van der Waals surface area (Å²) in [6.07, 6.45) is 7.44. The molecule has 2 aromatic rings. The van der Waals surface area contributed by atoms with Crippen molar-refractivity contribution in [3.63, 3.8) is 0 Å². The molecule has 1 aliphatic rings. The monoisotopic (exact) mass is 1130 g/mol. The predicted octanol–water partition coefficient (Wildman–Crippen LogP) is 4.64. The number of carboxylic acid groups (broad SMARTS) is 1. The van der Waals surface area contributed by atoms with E-state index < -0.39 is 73.1 Å². The van der Waals surface area contributed by atoms with Gasteiger partial charge in [0.2, 0.25) is 11.8 Å². The van der Waals surface area contributed by atoms with E-state index in [1.54, 1.807) is 29.5 Å². The number of carbonyl (C=O) groups is 9. The number of aliphatic carboxylic acids is 1. The number of carbonyl (C=O) groups excluding carboxylic acids is 8. The summed E-state index contributed by atoms with van der Waals surface area (Å²) >= 11 is 1.16. The van der Waals surface area contributed by atoms with Crippen LogP contribution in [-0.2, 0) is 58.8 Å². The first-order chi connectivity index (χ1) is 36.9. The highest BCUT2D eigenvalue weighted by atomic mass is 32.1. The number of phenolic OH excluding ortho intramolecular Hbond substituents is 1. The Hall–Kier alpha value is -6.21. The Labute approximate surface area is 460 Å². The third-order valence-electron chi connectivity index (χ3n) is 13.0. The fourth-order valence-electron chi connectivity index (χ4n) is 8.59. The van der Waals surface area contributed by atoms with Crippen molar-refractivity contribution in [2.75, 3.05) is 45.7 Å². The van der Waals surface area contributed by atoms with Gasteiger partial charge in [-0.25, -0.2) is 14.9 Å². The van der Waals surface area contributed by atoms with Gasteiger partial charge in [-0.3, -0.25) is 58.7 Å². The molecule has 0 bridgehead atoms. The van der Waals surface area contributed by atoms with Gasteiger partial charge >= 0.3 is 19.5 Å². The highest BCUT2D eigenvalue weighted by Gasteiger charge is 2.38. The minimum Gasteiger partial charge on any atom is -0.506 e. The number of ether oxygens (including phenoxy) is 2. The molecule has 1 aliphatic heterocycles. The lowest BCUT2D eigenvalue weighted by molar-refractivity contribution is -0.149. The molecule has 3 rings (SSSR count). The van der Waals surface area contributed by atoms with Crippen LogP contribution in [0.15, 0.2) is 47.9 Å². The number of likely N-dealkylation sites (tertiary alicyclic amines) is 1. The lowest BCUT2D eigenvalue weighted by Gasteiger charge is -2.37. The van der Waals surface area contributed by atoms with Gasteiger partial charge in [-0.1, -0.05) is 59.9 Å². The van der Waals surface area contributed by atoms with Gasteiger partial charge in [0, 0.05) is 75.0 Å². The smallest absolute Gasteiger partial charge is 0.328 e. The fourth-order valence-corrected chi connectivity index (χ4v) is 10.6. The number of rotatable bonds is 34. The zero-order valence-electron chi connectivity index (χ0n) is 46.1. The number of hydrazine groups is 2. The molecule has 9 N–H and O–H groups in total. The minimum atomic E-state index is -4.08. The molecule has 0 aliphatic carbocycles. The Balaban J connectivity index is 1.63. The number of hydrogen-bond donors (Lipinski definition) is 9. The van der Waals surface area contributed by atoms with Gasteiger partial charge in [-0.2, -0.15) is 10.4 Å². The molecule has 26 heteroatoms. The third kappa shape index (κ3) is 23.0. The Morgan fingerprint density at radius 3 is 2.24 bits per heavy atom. The van der Waals surface area contributed by atoms with Crippen molar-refractivity contribution in [3.8, 4) is 5.75 Å². The Kier molecular flexibility index (Phi) is 28.2. The number of benzene rings is 1. The number of aromatic hydroxyl groups is 1. The normalized spacial score (nSPS) is 16.6. The first kappa shape index (κ1) is 66.1. The summed E-state index contributed by atoms with van der Waals surface area (Å²) in [6.45, 7) is 12.9. The van der Waals surface area contributed by atoms with E-state index >= 15 is 0 Å². The van der Waals surface area contributed by atoms with Crippen molar-refractivity contribution >= 4 is 77.7 Å². The first-order valence-electron chi connectivity index (χ1n) is 26.1. The zero-order valence-corrected chi connectivity index (χ0v) is 47.8. The maximum Gasteiger partial charge on any atom is 0.328 e. The standard InChI is InChI=1S/C52H79N10O14PS/c1-10-14-37(27-36-17-18-43(65)39(28-36)55-46(67)22-25-75-26-23-53-77(74,59-57-47(68)19-16-34(6)63)60-58-48(69)20-21-49(70)71)54-50(72)40-31-78-51(56-40)45(76-35(7)64)30-42(32(3)4)62(9)52(73)38(33(5)11-2)29-44(66)41-15-12-13-24-61(41)8/h16-21,28,31-33,37-38,41-42,45,65H,10-15,22-27,29-30H2,1-9H3,(H,54,72)(H,55,67)(H,57,68)(H,58,69)(H,70,71)(H3,53,59,60,74)/b19-16-,21-20-/t33-,37+,38-,41+,42+,45+,77?/m0/s1. The number of thiazole rings is 1. The Bertz CT molecular complexity index is 2460. The van der Waals surface area contributed by atoms with Crippen LogP contribution in [0.5, 0.6) is 5.75 Å². The molecular formula is C52H79N10O14PS. The van der Waals surface area contributed by atoms with E-state index in [1.165, 1.54) is 19.9 Å². The number of Topliss-reactive ketones (excluding diaryl/α,β-unsaturated/α-hetero) is 1. The fraction of sp³-hybridized carbons (Fsp3) is 0.577. The predicted molar refractivity (Wildman–Crippen MR) is 292 cm³/mol. The molecule has 24 nitrogen and oxygen atoms in total. The van der Waals surface area contributed by atoms with E-state index in [0.29, 0.717) is 42.0 Å². The van der Waals surface area contributed by atoms with Crippen LogP contribution in [-0.4, -0.2) is 137 Å². The number of amides is 5. The summed E-state index contributed by atoms with van der Waals surface area (Å²) in [4.78, 5) is 122. The number of anilines is 1. The third-order valence-corrected chi connectivity index (χ3v) is 15.4. The summed E-state index contributed by atoms with van der Waals surface area (Å²) < 4.78 is 24.7. The summed E-state index contributed by atoms with van der Waals surface area (Å²) in [5.41, 5.74) is 4.99. The first-order valence-corrected chi connectivity index (χ1v) is 28.7. The van der Waals surface area contributed by atoms with Crippen molar-refractivity contribution in [3.05, 3.63) is 64.1 Å².